The van der Waals surface area contributed by atoms with Crippen LogP contribution in [-0.2, 0) is 0 Å². The van der Waals surface area contributed by atoms with Crippen molar-refractivity contribution in [2.24, 2.45) is 10.8 Å². The summed E-state index contributed by atoms with van der Waals surface area (Å²) in [6.45, 7) is 51.9. The van der Waals surface area contributed by atoms with E-state index < -0.39 is 5.60 Å². The summed E-state index contributed by atoms with van der Waals surface area (Å²) >= 11 is 0. The predicted octanol–water partition coefficient (Wildman–Crippen LogP) is 11.0. The second-order valence-electron chi connectivity index (χ2n) is 13.9. The van der Waals surface area contributed by atoms with E-state index in [1.807, 2.05) is 69.2 Å². The number of hydrogen-bond acceptors (Lipinski definition) is 4. The Balaban J connectivity index is -0.000000306. The fraction of sp³-hybridized carbons (Fsp3) is 1.00. The van der Waals surface area contributed by atoms with Crippen LogP contribution in [0.2, 0.25) is 0 Å². The van der Waals surface area contributed by atoms with Crippen LogP contribution in [-0.4, -0.2) is 82.8 Å². The lowest BCUT2D eigenvalue weighted by atomic mass is 9.63. The van der Waals surface area contributed by atoms with E-state index in [-0.39, 0.29) is 16.5 Å². The van der Waals surface area contributed by atoms with Gasteiger partial charge < -0.3 is 10.0 Å². The Morgan fingerprint density at radius 1 is 0.524 bits per heavy atom. The third-order valence-corrected chi connectivity index (χ3v) is 7.90. The number of hydrogen-bond donors (Lipinski definition) is 1. The second-order valence-corrected chi connectivity index (χ2v) is 13.9. The second kappa shape index (κ2) is 26.1. The van der Waals surface area contributed by atoms with Crippen molar-refractivity contribution in [1.82, 2.24) is 14.7 Å². The van der Waals surface area contributed by atoms with Gasteiger partial charge in [-0.05, 0) is 71.3 Å². The van der Waals surface area contributed by atoms with Crippen LogP contribution >= 0.6 is 0 Å². The Morgan fingerprint density at radius 2 is 0.810 bits per heavy atom. The molecule has 2 saturated heterocycles. The minimum absolute atomic E-state index is 0.0971. The number of nitrogens with zero attached hydrogens (tertiary/aromatic N) is 3. The van der Waals surface area contributed by atoms with E-state index in [0.717, 1.165) is 58.5 Å². The first-order valence-corrected chi connectivity index (χ1v) is 18.3. The van der Waals surface area contributed by atoms with Crippen LogP contribution in [0, 0.1) is 10.8 Å². The van der Waals surface area contributed by atoms with E-state index in [9.17, 15) is 5.11 Å². The highest BCUT2D eigenvalue weighted by atomic mass is 16.3. The van der Waals surface area contributed by atoms with Gasteiger partial charge in [-0.15, -0.1) is 0 Å². The molecule has 262 valence electrons. The Bertz CT molecular complexity index is 547. The van der Waals surface area contributed by atoms with Crippen molar-refractivity contribution < 1.29 is 5.11 Å². The molecule has 0 amide bonds. The number of likely N-dealkylation sites (N-methyl/N-ethyl adjacent to an activating group) is 1. The van der Waals surface area contributed by atoms with Gasteiger partial charge >= 0.3 is 0 Å². The minimum Gasteiger partial charge on any atom is -0.389 e. The molecule has 2 aliphatic heterocycles. The molecule has 0 saturated carbocycles. The molecule has 1 N–H and O–H groups in total. The number of piperazine rings is 1. The molecule has 0 aromatic rings. The van der Waals surface area contributed by atoms with Crippen molar-refractivity contribution in [3.05, 3.63) is 0 Å². The van der Waals surface area contributed by atoms with Crippen LogP contribution in [0.5, 0.6) is 0 Å². The highest BCUT2D eigenvalue weighted by Crippen LogP contribution is 2.47. The van der Waals surface area contributed by atoms with Gasteiger partial charge in [0.15, 0.2) is 0 Å². The normalized spacial score (nSPS) is 17.8. The fourth-order valence-electron chi connectivity index (χ4n) is 6.34. The average Bonchev–Trinajstić information content (AvgIpc) is 2.93. The van der Waals surface area contributed by atoms with Crippen molar-refractivity contribution in [2.75, 3.05) is 46.3 Å². The van der Waals surface area contributed by atoms with Gasteiger partial charge in [-0.2, -0.15) is 0 Å². The van der Waals surface area contributed by atoms with Crippen LogP contribution in [0.4, 0.5) is 0 Å². The topological polar surface area (TPSA) is 30.0 Å². The van der Waals surface area contributed by atoms with Gasteiger partial charge in [0, 0.05) is 50.3 Å². The lowest BCUT2D eigenvalue weighted by Crippen LogP contribution is -2.61. The Kier molecular flexibility index (Phi) is 31.9. The third kappa shape index (κ3) is 20.0. The maximum Gasteiger partial charge on any atom is 0.0723 e. The molecular weight excluding hydrogens is 514 g/mol. The quantitative estimate of drug-likeness (QED) is 0.327. The van der Waals surface area contributed by atoms with Gasteiger partial charge in [-0.1, -0.05) is 124 Å². The molecule has 0 atom stereocenters. The van der Waals surface area contributed by atoms with Crippen molar-refractivity contribution in [2.45, 2.75) is 194 Å². The first-order valence-electron chi connectivity index (χ1n) is 18.3. The molecule has 2 rings (SSSR count). The Morgan fingerprint density at radius 3 is 1.12 bits per heavy atom. The van der Waals surface area contributed by atoms with Gasteiger partial charge in [0.05, 0.1) is 5.60 Å². The highest BCUT2D eigenvalue weighted by molar-refractivity contribution is 5.03. The molecule has 0 radical (unpaired) electrons. The molecule has 2 heterocycles. The molecule has 4 nitrogen and oxygen atoms in total. The van der Waals surface area contributed by atoms with Gasteiger partial charge in [0.1, 0.15) is 0 Å². The molecular formula is C38H89N3O. The summed E-state index contributed by atoms with van der Waals surface area (Å²) in [7, 11) is 2.21. The first-order chi connectivity index (χ1) is 19.4. The molecule has 0 aromatic heterocycles. The van der Waals surface area contributed by atoms with Gasteiger partial charge in [-0.3, -0.25) is 9.80 Å². The van der Waals surface area contributed by atoms with Crippen molar-refractivity contribution in [1.29, 1.82) is 0 Å². The predicted molar refractivity (Wildman–Crippen MR) is 198 cm³/mol. The van der Waals surface area contributed by atoms with Crippen LogP contribution in [0.25, 0.3) is 0 Å². The summed E-state index contributed by atoms with van der Waals surface area (Å²) in [5.74, 6) is 0. The zero-order valence-corrected chi connectivity index (χ0v) is 34.1. The van der Waals surface area contributed by atoms with E-state index >= 15 is 0 Å². The van der Waals surface area contributed by atoms with E-state index in [2.05, 4.69) is 97.9 Å². The van der Waals surface area contributed by atoms with Gasteiger partial charge in [-0.25, -0.2) is 0 Å². The number of aliphatic hydroxyl groups is 1. The van der Waals surface area contributed by atoms with Crippen molar-refractivity contribution in [3.63, 3.8) is 0 Å². The van der Waals surface area contributed by atoms with Crippen molar-refractivity contribution >= 4 is 0 Å². The highest BCUT2D eigenvalue weighted by Gasteiger charge is 2.50. The molecule has 0 aromatic carbocycles. The molecule has 0 spiro atoms. The molecule has 2 fully saturated rings. The molecule has 42 heavy (non-hydrogen) atoms. The van der Waals surface area contributed by atoms with Crippen molar-refractivity contribution in [3.8, 4) is 0 Å². The summed E-state index contributed by atoms with van der Waals surface area (Å²) in [6.07, 6.45) is 5.22. The third-order valence-electron chi connectivity index (χ3n) is 7.90. The van der Waals surface area contributed by atoms with Crippen LogP contribution in [0.1, 0.15) is 178 Å². The summed E-state index contributed by atoms with van der Waals surface area (Å²) in [5.41, 5.74) is -0.0553. The average molecular weight is 604 g/mol. The van der Waals surface area contributed by atoms with E-state index in [4.69, 9.17) is 0 Å². The summed E-state index contributed by atoms with van der Waals surface area (Å²) < 4.78 is 0. The molecule has 0 aliphatic carbocycles. The Hall–Kier alpha value is -0.160. The summed E-state index contributed by atoms with van der Waals surface area (Å²) in [5, 5.41) is 11.8. The standard InChI is InChI=1S/C25H51N3O.C3H8.5C2H6/c1-21(2,3)19-23(6,7)27-13-11-25(29,12-14-27)22(4,5)20-24(8,9)28-17-15-26(10)16-18-28;1-3-2;5*1-2/h29H,11-20H2,1-10H3;3H2,1-2H3;5*1-2H3. The molecule has 0 unspecified atom stereocenters. The zero-order valence-electron chi connectivity index (χ0n) is 34.1. The molecule has 2 aliphatic rings. The SMILES string of the molecule is CC.CC.CC.CC.CC.CCC.CN1CCN(C(C)(C)CC(C)(C)C2(O)CCN(C(C)(C)CC(C)(C)C)CC2)CC1. The lowest BCUT2D eigenvalue weighted by molar-refractivity contribution is -0.136. The number of rotatable bonds is 6. The molecule has 4 heteroatoms. The van der Waals surface area contributed by atoms with Crippen LogP contribution < -0.4 is 0 Å². The van der Waals surface area contributed by atoms with Gasteiger partial charge in [0.2, 0.25) is 0 Å². The zero-order chi connectivity index (χ0) is 35.0. The van der Waals surface area contributed by atoms with Gasteiger partial charge in [0.25, 0.3) is 0 Å². The first kappa shape index (κ1) is 51.4. The number of likely N-dealkylation sites (tertiary alicyclic amines) is 1. The van der Waals surface area contributed by atoms with E-state index in [0.29, 0.717) is 5.41 Å². The summed E-state index contributed by atoms with van der Waals surface area (Å²) in [4.78, 5) is 7.68. The smallest absolute Gasteiger partial charge is 0.0723 e. The number of piperidine rings is 1. The lowest BCUT2D eigenvalue weighted by Gasteiger charge is -2.55. The van der Waals surface area contributed by atoms with Crippen LogP contribution in [0.15, 0.2) is 0 Å². The fourth-order valence-corrected chi connectivity index (χ4v) is 6.34. The largest absolute Gasteiger partial charge is 0.389 e. The maximum atomic E-state index is 11.8. The van der Waals surface area contributed by atoms with Crippen LogP contribution in [0.3, 0.4) is 0 Å². The maximum absolute atomic E-state index is 11.8. The Labute approximate surface area is 270 Å². The summed E-state index contributed by atoms with van der Waals surface area (Å²) in [6, 6.07) is 0. The minimum atomic E-state index is -0.578. The van der Waals surface area contributed by atoms with E-state index in [1.54, 1.807) is 0 Å². The molecule has 0 bridgehead atoms. The monoisotopic (exact) mass is 604 g/mol. The van der Waals surface area contributed by atoms with E-state index in [1.165, 1.54) is 12.8 Å².